The summed E-state index contributed by atoms with van der Waals surface area (Å²) in [5.41, 5.74) is 0. The maximum absolute atomic E-state index is 12.5. The lowest BCUT2D eigenvalue weighted by atomic mass is 10.2. The molecule has 1 aliphatic rings. The molecule has 0 atom stereocenters. The number of hydrogen-bond acceptors (Lipinski definition) is 3. The summed E-state index contributed by atoms with van der Waals surface area (Å²) in [6.45, 7) is 5.21. The van der Waals surface area contributed by atoms with Crippen molar-refractivity contribution in [3.8, 4) is 6.07 Å². The van der Waals surface area contributed by atoms with Crippen molar-refractivity contribution in [2.45, 2.75) is 52.0 Å². The highest BCUT2D eigenvalue weighted by Crippen LogP contribution is 2.18. The number of nitrogens with zero attached hydrogens (tertiary/aromatic N) is 3. The Labute approximate surface area is 111 Å². The lowest BCUT2D eigenvalue weighted by Gasteiger charge is -2.31. The van der Waals surface area contributed by atoms with Crippen molar-refractivity contribution in [3.63, 3.8) is 0 Å². The zero-order valence-corrected chi connectivity index (χ0v) is 12.1. The van der Waals surface area contributed by atoms with Gasteiger partial charge in [-0.05, 0) is 26.7 Å². The molecule has 0 saturated carbocycles. The predicted octanol–water partition coefficient (Wildman–Crippen LogP) is 1.73. The van der Waals surface area contributed by atoms with Crippen LogP contribution in [-0.2, 0) is 10.2 Å². The molecule has 0 N–H and O–H groups in total. The van der Waals surface area contributed by atoms with Crippen molar-refractivity contribution in [2.24, 2.45) is 0 Å². The van der Waals surface area contributed by atoms with E-state index in [9.17, 15) is 8.42 Å². The molecule has 0 amide bonds. The van der Waals surface area contributed by atoms with Crippen molar-refractivity contribution in [1.82, 2.24) is 8.61 Å². The molecule has 0 radical (unpaired) electrons. The normalized spacial score (nSPS) is 18.8. The fourth-order valence-corrected chi connectivity index (χ4v) is 4.09. The van der Waals surface area contributed by atoms with Gasteiger partial charge in [0, 0.05) is 32.1 Å². The molecular weight excluding hydrogens is 250 g/mol. The third-order valence-electron chi connectivity index (χ3n) is 3.21. The van der Waals surface area contributed by atoms with E-state index in [4.69, 9.17) is 5.26 Å². The number of hydrogen-bond donors (Lipinski definition) is 0. The van der Waals surface area contributed by atoms with Crippen LogP contribution in [0.15, 0.2) is 0 Å². The quantitative estimate of drug-likeness (QED) is 0.766. The molecule has 0 aromatic heterocycles. The van der Waals surface area contributed by atoms with E-state index < -0.39 is 10.2 Å². The zero-order valence-electron chi connectivity index (χ0n) is 11.3. The van der Waals surface area contributed by atoms with Gasteiger partial charge in [0.05, 0.1) is 6.07 Å². The summed E-state index contributed by atoms with van der Waals surface area (Å²) in [5.74, 6) is 0. The standard InChI is InChI=1S/C12H23N3O2S/c1-12(2)15(11-7-8-13)18(16,17)14-9-5-3-4-6-10-14/h12H,3-7,9-11H2,1-2H3. The Balaban J connectivity index is 2.82. The fraction of sp³-hybridized carbons (Fsp3) is 0.917. The molecule has 0 unspecified atom stereocenters. The molecule has 104 valence electrons. The first-order valence-electron chi connectivity index (χ1n) is 6.64. The highest BCUT2D eigenvalue weighted by molar-refractivity contribution is 7.86. The lowest BCUT2D eigenvalue weighted by molar-refractivity contribution is 0.309. The molecular formula is C12H23N3O2S. The van der Waals surface area contributed by atoms with Gasteiger partial charge in [-0.2, -0.15) is 22.3 Å². The van der Waals surface area contributed by atoms with E-state index in [-0.39, 0.29) is 19.0 Å². The summed E-state index contributed by atoms with van der Waals surface area (Å²) in [7, 11) is -3.40. The SMILES string of the molecule is CC(C)N(CCC#N)S(=O)(=O)N1CCCCCC1. The Bertz CT molecular complexity index is 379. The Morgan fingerprint density at radius 1 is 1.22 bits per heavy atom. The number of nitriles is 1. The molecule has 18 heavy (non-hydrogen) atoms. The summed E-state index contributed by atoms with van der Waals surface area (Å²) in [4.78, 5) is 0. The van der Waals surface area contributed by atoms with Crippen LogP contribution in [0.1, 0.15) is 46.0 Å². The molecule has 6 heteroatoms. The molecule has 1 aliphatic heterocycles. The van der Waals surface area contributed by atoms with Gasteiger partial charge in [-0.25, -0.2) is 0 Å². The van der Waals surface area contributed by atoms with Crippen molar-refractivity contribution in [2.75, 3.05) is 19.6 Å². The maximum Gasteiger partial charge on any atom is 0.282 e. The minimum absolute atomic E-state index is 0.105. The van der Waals surface area contributed by atoms with E-state index in [1.165, 1.54) is 4.31 Å². The largest absolute Gasteiger partial charge is 0.282 e. The summed E-state index contributed by atoms with van der Waals surface area (Å²) >= 11 is 0. The summed E-state index contributed by atoms with van der Waals surface area (Å²) in [5, 5.41) is 8.63. The fourth-order valence-electron chi connectivity index (χ4n) is 2.22. The second-order valence-corrected chi connectivity index (χ2v) is 6.81. The van der Waals surface area contributed by atoms with Gasteiger partial charge >= 0.3 is 0 Å². The summed E-state index contributed by atoms with van der Waals surface area (Å²) in [6.07, 6.45) is 4.32. The highest BCUT2D eigenvalue weighted by atomic mass is 32.2. The molecule has 0 bridgehead atoms. The zero-order chi connectivity index (χ0) is 13.6. The second-order valence-electron chi connectivity index (χ2n) is 4.93. The van der Waals surface area contributed by atoms with Crippen LogP contribution in [0.25, 0.3) is 0 Å². The Hall–Kier alpha value is -0.640. The van der Waals surface area contributed by atoms with Gasteiger partial charge in [0.15, 0.2) is 0 Å². The molecule has 0 aliphatic carbocycles. The van der Waals surface area contributed by atoms with Gasteiger partial charge in [-0.15, -0.1) is 0 Å². The van der Waals surface area contributed by atoms with Crippen molar-refractivity contribution < 1.29 is 8.42 Å². The average molecular weight is 273 g/mol. The van der Waals surface area contributed by atoms with Gasteiger partial charge in [0.2, 0.25) is 0 Å². The van der Waals surface area contributed by atoms with Crippen molar-refractivity contribution >= 4 is 10.2 Å². The number of rotatable bonds is 5. The molecule has 1 fully saturated rings. The Morgan fingerprint density at radius 3 is 2.22 bits per heavy atom. The van der Waals surface area contributed by atoms with Gasteiger partial charge in [0.1, 0.15) is 0 Å². The predicted molar refractivity (Wildman–Crippen MR) is 71.0 cm³/mol. The van der Waals surface area contributed by atoms with Crippen LogP contribution < -0.4 is 0 Å². The monoisotopic (exact) mass is 273 g/mol. The van der Waals surface area contributed by atoms with E-state index in [1.54, 1.807) is 4.31 Å². The molecule has 5 nitrogen and oxygen atoms in total. The van der Waals surface area contributed by atoms with Gasteiger partial charge in [0.25, 0.3) is 10.2 Å². The minimum atomic E-state index is -3.40. The van der Waals surface area contributed by atoms with Crippen LogP contribution in [0.3, 0.4) is 0 Å². The van der Waals surface area contributed by atoms with Crippen LogP contribution in [0.2, 0.25) is 0 Å². The van der Waals surface area contributed by atoms with Gasteiger partial charge in [-0.1, -0.05) is 12.8 Å². The van der Waals surface area contributed by atoms with E-state index in [0.29, 0.717) is 13.1 Å². The van der Waals surface area contributed by atoms with E-state index in [0.717, 1.165) is 25.7 Å². The van der Waals surface area contributed by atoms with E-state index in [1.807, 2.05) is 19.9 Å². The molecule has 0 spiro atoms. The lowest BCUT2D eigenvalue weighted by Crippen LogP contribution is -2.47. The van der Waals surface area contributed by atoms with E-state index >= 15 is 0 Å². The first-order chi connectivity index (χ1) is 8.50. The summed E-state index contributed by atoms with van der Waals surface area (Å²) < 4.78 is 28.1. The minimum Gasteiger partial charge on any atom is -0.198 e. The van der Waals surface area contributed by atoms with Gasteiger partial charge < -0.3 is 0 Å². The van der Waals surface area contributed by atoms with Crippen LogP contribution in [0.4, 0.5) is 0 Å². The second kappa shape index (κ2) is 7.07. The third-order valence-corrected chi connectivity index (χ3v) is 5.42. The highest BCUT2D eigenvalue weighted by Gasteiger charge is 2.31. The summed E-state index contributed by atoms with van der Waals surface area (Å²) in [6, 6.07) is 1.91. The first-order valence-corrected chi connectivity index (χ1v) is 8.03. The molecule has 1 rings (SSSR count). The smallest absolute Gasteiger partial charge is 0.198 e. The van der Waals surface area contributed by atoms with Crippen molar-refractivity contribution in [3.05, 3.63) is 0 Å². The van der Waals surface area contributed by atoms with Crippen LogP contribution >= 0.6 is 0 Å². The molecule has 0 aromatic rings. The molecule has 1 saturated heterocycles. The van der Waals surface area contributed by atoms with Crippen LogP contribution in [-0.4, -0.2) is 42.7 Å². The topological polar surface area (TPSA) is 64.4 Å². The van der Waals surface area contributed by atoms with Crippen LogP contribution in [0, 0.1) is 11.3 Å². The molecule has 0 aromatic carbocycles. The van der Waals surface area contributed by atoms with Crippen molar-refractivity contribution in [1.29, 1.82) is 5.26 Å². The van der Waals surface area contributed by atoms with Crippen LogP contribution in [0.5, 0.6) is 0 Å². The van der Waals surface area contributed by atoms with E-state index in [2.05, 4.69) is 0 Å². The van der Waals surface area contributed by atoms with Gasteiger partial charge in [-0.3, -0.25) is 0 Å². The first kappa shape index (κ1) is 15.4. The maximum atomic E-state index is 12.5. The average Bonchev–Trinajstić information content (AvgIpc) is 2.57. The molecule has 1 heterocycles. The Kier molecular flexibility index (Phi) is 6.06. The Morgan fingerprint density at radius 2 is 1.78 bits per heavy atom. The third kappa shape index (κ3) is 3.94.